The lowest BCUT2D eigenvalue weighted by atomic mass is 9.95. The van der Waals surface area contributed by atoms with Gasteiger partial charge in [0.15, 0.2) is 6.29 Å². The van der Waals surface area contributed by atoms with E-state index in [2.05, 4.69) is 0 Å². The molecule has 1 saturated heterocycles. The number of carbonyl (C=O) groups excluding carboxylic acids is 2. The second kappa shape index (κ2) is 8.02. The second-order valence-corrected chi connectivity index (χ2v) is 7.02. The van der Waals surface area contributed by atoms with Crippen LogP contribution in [0.2, 0.25) is 0 Å². The molecule has 29 heavy (non-hydrogen) atoms. The molecule has 0 bridgehead atoms. The van der Waals surface area contributed by atoms with E-state index < -0.39 is 49.1 Å². The number of aliphatic hydroxyl groups is 3. The summed E-state index contributed by atoms with van der Waals surface area (Å²) in [6.07, 6.45) is -5.39. The molecule has 8 nitrogen and oxygen atoms in total. The van der Waals surface area contributed by atoms with E-state index in [0.717, 1.165) is 10.5 Å². The van der Waals surface area contributed by atoms with E-state index in [-0.39, 0.29) is 17.7 Å². The van der Waals surface area contributed by atoms with Gasteiger partial charge in [-0.3, -0.25) is 14.5 Å². The minimum Gasteiger partial charge on any atom is -0.394 e. The lowest BCUT2D eigenvalue weighted by Crippen LogP contribution is -2.65. The molecule has 2 aromatic rings. The maximum atomic E-state index is 12.9. The number of carbonyl (C=O) groups is 2. The van der Waals surface area contributed by atoms with Crippen molar-refractivity contribution in [3.63, 3.8) is 0 Å². The lowest BCUT2D eigenvalue weighted by molar-refractivity contribution is -0.282. The molecule has 3 N–H and O–H groups in total. The van der Waals surface area contributed by atoms with E-state index in [1.807, 2.05) is 30.3 Å². The number of aliphatic hydroxyl groups excluding tert-OH is 3. The number of hydrogen-bond donors (Lipinski definition) is 3. The number of amides is 2. The molecule has 5 atom stereocenters. The quantitative estimate of drug-likeness (QED) is 0.620. The summed E-state index contributed by atoms with van der Waals surface area (Å²) in [5, 5.41) is 30.5. The van der Waals surface area contributed by atoms with Crippen LogP contribution >= 0.6 is 0 Å². The molecule has 2 heterocycles. The van der Waals surface area contributed by atoms with Gasteiger partial charge in [0.05, 0.1) is 24.3 Å². The molecule has 0 aliphatic carbocycles. The minimum atomic E-state index is -1.55. The smallest absolute Gasteiger partial charge is 0.262 e. The van der Waals surface area contributed by atoms with Crippen LogP contribution < -0.4 is 0 Å². The summed E-state index contributed by atoms with van der Waals surface area (Å²) < 4.78 is 11.4. The molecular weight excluding hydrogens is 378 g/mol. The first-order chi connectivity index (χ1) is 14.0. The minimum absolute atomic E-state index is 0.0894. The number of nitrogens with zero attached hydrogens (tertiary/aromatic N) is 1. The zero-order valence-electron chi connectivity index (χ0n) is 15.4. The van der Waals surface area contributed by atoms with Crippen LogP contribution in [-0.2, 0) is 16.1 Å². The Hall–Kier alpha value is -2.62. The highest BCUT2D eigenvalue weighted by Gasteiger charge is 2.53. The van der Waals surface area contributed by atoms with Gasteiger partial charge >= 0.3 is 0 Å². The lowest BCUT2D eigenvalue weighted by Gasteiger charge is -2.44. The monoisotopic (exact) mass is 399 g/mol. The van der Waals surface area contributed by atoms with Gasteiger partial charge in [-0.05, 0) is 17.7 Å². The molecule has 1 fully saturated rings. The van der Waals surface area contributed by atoms with Crippen LogP contribution in [0.25, 0.3) is 0 Å². The number of benzene rings is 2. The van der Waals surface area contributed by atoms with E-state index >= 15 is 0 Å². The third-order valence-electron chi connectivity index (χ3n) is 5.23. The number of fused-ring (bicyclic) bond motifs is 1. The fraction of sp³-hybridized carbons (Fsp3) is 0.333. The first-order valence-corrected chi connectivity index (χ1v) is 9.28. The van der Waals surface area contributed by atoms with Crippen molar-refractivity contribution in [3.05, 3.63) is 71.3 Å². The summed E-state index contributed by atoms with van der Waals surface area (Å²) in [7, 11) is 0. The summed E-state index contributed by atoms with van der Waals surface area (Å²) in [6, 6.07) is 14.2. The largest absolute Gasteiger partial charge is 0.394 e. The van der Waals surface area contributed by atoms with Crippen molar-refractivity contribution >= 4 is 11.8 Å². The van der Waals surface area contributed by atoms with Crippen LogP contribution in [0.15, 0.2) is 54.6 Å². The standard InChI is InChI=1S/C21H21NO7/c23-10-15-17(24)18(25)16(21(29-15)28-11-12-6-2-1-3-7-12)22-19(26)13-8-4-5-9-14(13)20(22)27/h1-9,15-18,21,23-25H,10-11H2/t15-,16-,17+,18+,21+/m0/s1. The van der Waals surface area contributed by atoms with Gasteiger partial charge in [0, 0.05) is 0 Å². The Bertz CT molecular complexity index is 868. The first-order valence-electron chi connectivity index (χ1n) is 9.28. The van der Waals surface area contributed by atoms with Crippen molar-refractivity contribution < 1.29 is 34.4 Å². The molecule has 0 aromatic heterocycles. The number of hydrogen-bond acceptors (Lipinski definition) is 7. The van der Waals surface area contributed by atoms with Crippen molar-refractivity contribution in [1.82, 2.24) is 4.90 Å². The average molecular weight is 399 g/mol. The van der Waals surface area contributed by atoms with E-state index in [1.54, 1.807) is 12.1 Å². The Morgan fingerprint density at radius 3 is 2.07 bits per heavy atom. The Morgan fingerprint density at radius 2 is 1.48 bits per heavy atom. The third-order valence-corrected chi connectivity index (χ3v) is 5.23. The zero-order valence-corrected chi connectivity index (χ0v) is 15.4. The summed E-state index contributed by atoms with van der Waals surface area (Å²) in [5.41, 5.74) is 1.24. The highest BCUT2D eigenvalue weighted by atomic mass is 16.7. The Morgan fingerprint density at radius 1 is 0.897 bits per heavy atom. The van der Waals surface area contributed by atoms with Crippen LogP contribution in [0.5, 0.6) is 0 Å². The maximum Gasteiger partial charge on any atom is 0.262 e. The van der Waals surface area contributed by atoms with Crippen molar-refractivity contribution in [2.75, 3.05) is 6.61 Å². The summed E-state index contributed by atoms with van der Waals surface area (Å²) >= 11 is 0. The highest BCUT2D eigenvalue weighted by Crippen LogP contribution is 2.32. The van der Waals surface area contributed by atoms with Crippen molar-refractivity contribution in [3.8, 4) is 0 Å². The van der Waals surface area contributed by atoms with Gasteiger partial charge in [-0.2, -0.15) is 0 Å². The molecule has 0 radical (unpaired) electrons. The molecule has 2 aliphatic rings. The fourth-order valence-corrected chi connectivity index (χ4v) is 3.71. The number of imide groups is 1. The molecule has 2 aliphatic heterocycles. The number of rotatable bonds is 5. The van der Waals surface area contributed by atoms with Gasteiger partial charge in [-0.15, -0.1) is 0 Å². The van der Waals surface area contributed by atoms with Crippen LogP contribution in [0.1, 0.15) is 26.3 Å². The van der Waals surface area contributed by atoms with Crippen LogP contribution in [0.4, 0.5) is 0 Å². The van der Waals surface area contributed by atoms with Gasteiger partial charge in [-0.25, -0.2) is 0 Å². The summed E-state index contributed by atoms with van der Waals surface area (Å²) in [5.74, 6) is -1.19. The summed E-state index contributed by atoms with van der Waals surface area (Å²) in [4.78, 5) is 26.6. The maximum absolute atomic E-state index is 12.9. The fourth-order valence-electron chi connectivity index (χ4n) is 3.71. The molecule has 8 heteroatoms. The average Bonchev–Trinajstić information content (AvgIpc) is 3.00. The Labute approximate surface area is 166 Å². The van der Waals surface area contributed by atoms with E-state index in [9.17, 15) is 24.9 Å². The van der Waals surface area contributed by atoms with Gasteiger partial charge in [0.25, 0.3) is 11.8 Å². The van der Waals surface area contributed by atoms with Gasteiger partial charge in [-0.1, -0.05) is 42.5 Å². The molecule has 4 rings (SSSR count). The second-order valence-electron chi connectivity index (χ2n) is 7.02. The highest BCUT2D eigenvalue weighted by molar-refractivity contribution is 6.21. The van der Waals surface area contributed by atoms with Crippen LogP contribution in [0.3, 0.4) is 0 Å². The van der Waals surface area contributed by atoms with Crippen LogP contribution in [-0.4, -0.2) is 69.3 Å². The van der Waals surface area contributed by atoms with E-state index in [4.69, 9.17) is 9.47 Å². The van der Waals surface area contributed by atoms with Crippen molar-refractivity contribution in [1.29, 1.82) is 0 Å². The van der Waals surface area contributed by atoms with Gasteiger partial charge in [0.2, 0.25) is 0 Å². The van der Waals surface area contributed by atoms with Crippen molar-refractivity contribution in [2.24, 2.45) is 0 Å². The molecule has 0 spiro atoms. The predicted octanol–water partition coefficient (Wildman–Crippen LogP) is 0.307. The summed E-state index contributed by atoms with van der Waals surface area (Å²) in [6.45, 7) is -0.468. The molecule has 0 unspecified atom stereocenters. The molecular formula is C21H21NO7. The normalized spacial score (nSPS) is 29.2. The molecule has 2 aromatic carbocycles. The SMILES string of the molecule is O=C1c2ccccc2C(=O)N1[C@@H]1[C@H](OCc2ccccc2)O[C@@H](CO)[C@@H](O)[C@@H]1O. The van der Waals surface area contributed by atoms with E-state index in [1.165, 1.54) is 12.1 Å². The zero-order chi connectivity index (χ0) is 20.5. The Balaban J connectivity index is 1.64. The van der Waals surface area contributed by atoms with Crippen molar-refractivity contribution in [2.45, 2.75) is 37.3 Å². The van der Waals surface area contributed by atoms with Gasteiger partial charge < -0.3 is 24.8 Å². The van der Waals surface area contributed by atoms with Gasteiger partial charge in [0.1, 0.15) is 24.4 Å². The molecule has 2 amide bonds. The molecule has 0 saturated carbocycles. The first kappa shape index (κ1) is 19.7. The van der Waals surface area contributed by atoms with Crippen LogP contribution in [0, 0.1) is 0 Å². The van der Waals surface area contributed by atoms with E-state index in [0.29, 0.717) is 0 Å². The Kier molecular flexibility index (Phi) is 5.44. The topological polar surface area (TPSA) is 117 Å². The predicted molar refractivity (Wildman–Crippen MR) is 99.7 cm³/mol. The number of ether oxygens (including phenoxy) is 2. The molecule has 152 valence electrons. The third kappa shape index (κ3) is 3.45.